The molecule has 118 valence electrons. The highest BCUT2D eigenvalue weighted by molar-refractivity contribution is 6.07. The Balaban J connectivity index is 1.76. The van der Waals surface area contributed by atoms with Crippen LogP contribution in [0.15, 0.2) is 0 Å². The van der Waals surface area contributed by atoms with E-state index in [2.05, 4.69) is 16.0 Å². The molecule has 1 saturated heterocycles. The molecular weight excluding hydrogens is 274 g/mol. The highest BCUT2D eigenvalue weighted by Crippen LogP contribution is 2.33. The van der Waals surface area contributed by atoms with Gasteiger partial charge in [-0.15, -0.1) is 0 Å². The first-order valence-corrected chi connectivity index (χ1v) is 7.31. The molecule has 4 amide bonds. The number of hydrogen-bond acceptors (Lipinski definition) is 4. The Morgan fingerprint density at radius 2 is 1.95 bits per heavy atom. The van der Waals surface area contributed by atoms with E-state index in [0.717, 1.165) is 12.8 Å². The van der Waals surface area contributed by atoms with Crippen LogP contribution in [0.5, 0.6) is 0 Å². The lowest BCUT2D eigenvalue weighted by Gasteiger charge is -2.34. The zero-order valence-corrected chi connectivity index (χ0v) is 12.7. The lowest BCUT2D eigenvalue weighted by molar-refractivity contribution is -0.125. The Morgan fingerprint density at radius 1 is 1.33 bits per heavy atom. The van der Waals surface area contributed by atoms with Crippen LogP contribution in [0.1, 0.15) is 46.5 Å². The lowest BCUT2D eigenvalue weighted by Crippen LogP contribution is -2.50. The van der Waals surface area contributed by atoms with Gasteiger partial charge in [0.2, 0.25) is 0 Å². The van der Waals surface area contributed by atoms with E-state index in [0.29, 0.717) is 25.3 Å². The van der Waals surface area contributed by atoms with E-state index in [1.807, 2.05) is 20.8 Å². The quantitative estimate of drug-likeness (QED) is 0.669. The minimum absolute atomic E-state index is 0.231. The van der Waals surface area contributed by atoms with Crippen molar-refractivity contribution >= 4 is 18.0 Å². The fourth-order valence-corrected chi connectivity index (χ4v) is 2.80. The molecule has 0 aromatic rings. The Labute approximate surface area is 124 Å². The van der Waals surface area contributed by atoms with Crippen LogP contribution in [0.4, 0.5) is 9.59 Å². The molecule has 1 aliphatic carbocycles. The molecule has 0 radical (unpaired) electrons. The van der Waals surface area contributed by atoms with Gasteiger partial charge in [-0.25, -0.2) is 9.59 Å². The van der Waals surface area contributed by atoms with Gasteiger partial charge < -0.3 is 15.4 Å². The van der Waals surface area contributed by atoms with Crippen LogP contribution in [0.3, 0.4) is 0 Å². The van der Waals surface area contributed by atoms with E-state index in [-0.39, 0.29) is 5.91 Å². The zero-order chi connectivity index (χ0) is 15.7. The number of hydrogen-bond donors (Lipinski definition) is 3. The standard InChI is InChI=1S/C14H23N3O4/c1-13(2,3)21-12(20)15-8-9-4-6-14(7-5-9)10(18)16-11(19)17-14/h9H,4-8H2,1-3H3,(H,15,20)(H2,16,17,18,19). The maximum absolute atomic E-state index is 11.8. The second kappa shape index (κ2) is 5.54. The predicted molar refractivity (Wildman–Crippen MR) is 75.6 cm³/mol. The highest BCUT2D eigenvalue weighted by Gasteiger charge is 2.47. The molecule has 0 atom stereocenters. The third-order valence-corrected chi connectivity index (χ3v) is 3.91. The molecule has 2 rings (SSSR count). The van der Waals surface area contributed by atoms with Gasteiger partial charge in [-0.3, -0.25) is 10.1 Å². The topological polar surface area (TPSA) is 96.5 Å². The van der Waals surface area contributed by atoms with Crippen LogP contribution in [0, 0.1) is 5.92 Å². The van der Waals surface area contributed by atoms with Crippen molar-refractivity contribution in [2.75, 3.05) is 6.54 Å². The van der Waals surface area contributed by atoms with Crippen molar-refractivity contribution in [2.45, 2.75) is 57.6 Å². The van der Waals surface area contributed by atoms with Crippen molar-refractivity contribution in [3.05, 3.63) is 0 Å². The van der Waals surface area contributed by atoms with Gasteiger partial charge >= 0.3 is 12.1 Å². The summed E-state index contributed by atoms with van der Waals surface area (Å²) in [5, 5.41) is 7.77. The first-order valence-electron chi connectivity index (χ1n) is 7.31. The van der Waals surface area contributed by atoms with E-state index in [9.17, 15) is 14.4 Å². The van der Waals surface area contributed by atoms with Crippen molar-refractivity contribution in [3.8, 4) is 0 Å². The smallest absolute Gasteiger partial charge is 0.407 e. The number of amides is 4. The number of urea groups is 1. The van der Waals surface area contributed by atoms with Gasteiger partial charge in [0.15, 0.2) is 0 Å². The molecule has 0 aromatic carbocycles. The molecule has 7 nitrogen and oxygen atoms in total. The summed E-state index contributed by atoms with van der Waals surface area (Å²) >= 11 is 0. The Bertz CT molecular complexity index is 448. The van der Waals surface area contributed by atoms with Gasteiger partial charge in [0, 0.05) is 6.54 Å². The fraction of sp³-hybridized carbons (Fsp3) is 0.786. The van der Waals surface area contributed by atoms with Crippen LogP contribution in [-0.2, 0) is 9.53 Å². The molecule has 2 fully saturated rings. The normalized spacial score (nSPS) is 29.0. The van der Waals surface area contributed by atoms with E-state index in [1.165, 1.54) is 0 Å². The molecule has 1 spiro atoms. The summed E-state index contributed by atoms with van der Waals surface area (Å²) in [6.45, 7) is 5.98. The summed E-state index contributed by atoms with van der Waals surface area (Å²) in [6, 6.07) is -0.412. The van der Waals surface area contributed by atoms with Crippen LogP contribution in [0.2, 0.25) is 0 Å². The van der Waals surface area contributed by atoms with Crippen molar-refractivity contribution in [1.29, 1.82) is 0 Å². The van der Waals surface area contributed by atoms with Crippen molar-refractivity contribution in [3.63, 3.8) is 0 Å². The second-order valence-electron chi connectivity index (χ2n) is 6.82. The Hall–Kier alpha value is -1.79. The first kappa shape index (κ1) is 15.6. The van der Waals surface area contributed by atoms with Gasteiger partial charge in [-0.1, -0.05) is 0 Å². The number of nitrogens with one attached hydrogen (secondary N) is 3. The molecule has 2 aliphatic rings. The van der Waals surface area contributed by atoms with E-state index < -0.39 is 23.3 Å². The first-order chi connectivity index (χ1) is 9.70. The molecule has 0 unspecified atom stereocenters. The SMILES string of the molecule is CC(C)(C)OC(=O)NCC1CCC2(CC1)NC(=O)NC2=O. The number of imide groups is 1. The highest BCUT2D eigenvalue weighted by atomic mass is 16.6. The summed E-state index contributed by atoms with van der Waals surface area (Å²) < 4.78 is 5.18. The zero-order valence-electron chi connectivity index (χ0n) is 12.7. The lowest BCUT2D eigenvalue weighted by atomic mass is 9.76. The van der Waals surface area contributed by atoms with Crippen LogP contribution in [0.25, 0.3) is 0 Å². The summed E-state index contributed by atoms with van der Waals surface area (Å²) in [6.07, 6.45) is 2.35. The van der Waals surface area contributed by atoms with Crippen LogP contribution < -0.4 is 16.0 Å². The average molecular weight is 297 g/mol. The summed E-state index contributed by atoms with van der Waals surface area (Å²) in [5.41, 5.74) is -1.24. The molecule has 21 heavy (non-hydrogen) atoms. The minimum Gasteiger partial charge on any atom is -0.444 e. The largest absolute Gasteiger partial charge is 0.444 e. The number of ether oxygens (including phenoxy) is 1. The molecule has 1 heterocycles. The molecule has 1 saturated carbocycles. The van der Waals surface area contributed by atoms with Crippen molar-refractivity contribution < 1.29 is 19.1 Å². The Kier molecular flexibility index (Phi) is 4.11. The molecule has 0 aromatic heterocycles. The minimum atomic E-state index is -0.737. The molecule has 7 heteroatoms. The summed E-state index contributed by atoms with van der Waals surface area (Å²) in [5.74, 6) is 0.0690. The maximum atomic E-state index is 11.8. The average Bonchev–Trinajstić information content (AvgIpc) is 2.61. The monoisotopic (exact) mass is 297 g/mol. The third kappa shape index (κ3) is 3.86. The van der Waals surface area contributed by atoms with Gasteiger partial charge in [0.25, 0.3) is 5.91 Å². The van der Waals surface area contributed by atoms with Crippen LogP contribution >= 0.6 is 0 Å². The summed E-state index contributed by atoms with van der Waals surface area (Å²) in [7, 11) is 0. The van der Waals surface area contributed by atoms with Gasteiger partial charge in [-0.05, 0) is 52.4 Å². The van der Waals surface area contributed by atoms with Gasteiger partial charge in [0.05, 0.1) is 0 Å². The summed E-state index contributed by atoms with van der Waals surface area (Å²) in [4.78, 5) is 34.6. The molecular formula is C14H23N3O4. The Morgan fingerprint density at radius 3 is 2.43 bits per heavy atom. The number of rotatable bonds is 2. The molecule has 3 N–H and O–H groups in total. The van der Waals surface area contributed by atoms with Gasteiger partial charge in [0.1, 0.15) is 11.1 Å². The number of carbonyl (C=O) groups is 3. The van der Waals surface area contributed by atoms with Crippen molar-refractivity contribution in [1.82, 2.24) is 16.0 Å². The number of carbonyl (C=O) groups excluding carboxylic acids is 3. The number of alkyl carbamates (subject to hydrolysis) is 1. The fourth-order valence-electron chi connectivity index (χ4n) is 2.80. The predicted octanol–water partition coefficient (Wildman–Crippen LogP) is 1.28. The third-order valence-electron chi connectivity index (χ3n) is 3.91. The second-order valence-corrected chi connectivity index (χ2v) is 6.82. The molecule has 1 aliphatic heterocycles. The maximum Gasteiger partial charge on any atom is 0.407 e. The van der Waals surface area contributed by atoms with Crippen molar-refractivity contribution in [2.24, 2.45) is 5.92 Å². The van der Waals surface area contributed by atoms with E-state index >= 15 is 0 Å². The molecule has 0 bridgehead atoms. The van der Waals surface area contributed by atoms with E-state index in [4.69, 9.17) is 4.74 Å². The van der Waals surface area contributed by atoms with E-state index in [1.54, 1.807) is 0 Å². The van der Waals surface area contributed by atoms with Crippen LogP contribution in [-0.4, -0.2) is 35.7 Å². The van der Waals surface area contributed by atoms with Gasteiger partial charge in [-0.2, -0.15) is 0 Å².